The Balaban J connectivity index is 2.35. The van der Waals surface area contributed by atoms with Gasteiger partial charge in [0.2, 0.25) is 0 Å². The predicted octanol–water partition coefficient (Wildman–Crippen LogP) is 2.24. The molecule has 0 spiro atoms. The minimum Gasteiger partial charge on any atom is -0.378 e. The molecule has 0 bridgehead atoms. The van der Waals surface area contributed by atoms with Crippen LogP contribution in [0.2, 0.25) is 0 Å². The number of hydrogen-bond donors (Lipinski definition) is 0. The Kier molecular flexibility index (Phi) is 4.17. The second kappa shape index (κ2) is 5.24. The highest BCUT2D eigenvalue weighted by Gasteiger charge is 2.49. The minimum atomic E-state index is -0.262. The molecule has 0 radical (unpaired) electrons. The van der Waals surface area contributed by atoms with E-state index in [1.165, 1.54) is 5.70 Å². The first-order chi connectivity index (χ1) is 8.80. The van der Waals surface area contributed by atoms with Crippen molar-refractivity contribution in [3.05, 3.63) is 11.8 Å². The van der Waals surface area contributed by atoms with Crippen molar-refractivity contribution in [2.75, 3.05) is 33.4 Å². The van der Waals surface area contributed by atoms with Gasteiger partial charge in [-0.15, -0.1) is 11.6 Å². The smallest absolute Gasteiger partial charge is 0.0932 e. The van der Waals surface area contributed by atoms with Gasteiger partial charge in [0.15, 0.2) is 0 Å². The van der Waals surface area contributed by atoms with Crippen molar-refractivity contribution in [2.45, 2.75) is 44.1 Å². The van der Waals surface area contributed by atoms with E-state index in [2.05, 4.69) is 38.7 Å². The lowest BCUT2D eigenvalue weighted by Gasteiger charge is -2.53. The molecule has 5 heteroatoms. The molecule has 2 aliphatic rings. The zero-order valence-electron chi connectivity index (χ0n) is 12.6. The van der Waals surface area contributed by atoms with Crippen LogP contribution in [0.15, 0.2) is 11.8 Å². The summed E-state index contributed by atoms with van der Waals surface area (Å²) in [6.07, 6.45) is 2.23. The molecule has 0 saturated carbocycles. The molecule has 4 nitrogen and oxygen atoms in total. The van der Waals surface area contributed by atoms with Crippen LogP contribution in [0.1, 0.15) is 27.7 Å². The van der Waals surface area contributed by atoms with Crippen LogP contribution < -0.4 is 0 Å². The molecule has 1 atom stereocenters. The Bertz CT molecular complexity index is 362. The standard InChI is InChI=1S/C14H25ClN2O2/c1-13(2)10-11(16-6-8-19-9-7-16)12(15)14(3,4)17(13)18-5/h10,12H,6-9H2,1-5H3. The summed E-state index contributed by atoms with van der Waals surface area (Å²) in [5.41, 5.74) is 0.757. The lowest BCUT2D eigenvalue weighted by molar-refractivity contribution is -0.239. The van der Waals surface area contributed by atoms with Crippen molar-refractivity contribution in [3.8, 4) is 0 Å². The van der Waals surface area contributed by atoms with E-state index < -0.39 is 0 Å². The van der Waals surface area contributed by atoms with Gasteiger partial charge >= 0.3 is 0 Å². The van der Waals surface area contributed by atoms with Crippen molar-refractivity contribution in [3.63, 3.8) is 0 Å². The largest absolute Gasteiger partial charge is 0.378 e. The van der Waals surface area contributed by atoms with Crippen LogP contribution >= 0.6 is 11.6 Å². The van der Waals surface area contributed by atoms with Crippen LogP contribution in [-0.4, -0.2) is 59.8 Å². The number of morpholine rings is 1. The Morgan fingerprint density at radius 2 is 1.84 bits per heavy atom. The number of alkyl halides is 1. The monoisotopic (exact) mass is 288 g/mol. The molecule has 110 valence electrons. The number of rotatable bonds is 2. The molecule has 0 aromatic carbocycles. The second-order valence-corrected chi connectivity index (χ2v) is 6.75. The maximum Gasteiger partial charge on any atom is 0.0932 e. The van der Waals surface area contributed by atoms with Crippen molar-refractivity contribution >= 4 is 11.6 Å². The van der Waals surface area contributed by atoms with E-state index in [4.69, 9.17) is 21.2 Å². The molecule has 2 aliphatic heterocycles. The van der Waals surface area contributed by atoms with E-state index in [1.807, 2.05) is 5.06 Å². The summed E-state index contributed by atoms with van der Waals surface area (Å²) in [6, 6.07) is 0. The summed E-state index contributed by atoms with van der Waals surface area (Å²) in [4.78, 5) is 7.93. The van der Waals surface area contributed by atoms with E-state index in [9.17, 15) is 0 Å². The highest BCUT2D eigenvalue weighted by molar-refractivity contribution is 6.23. The van der Waals surface area contributed by atoms with Crippen LogP contribution in [0.3, 0.4) is 0 Å². The predicted molar refractivity (Wildman–Crippen MR) is 77.1 cm³/mol. The van der Waals surface area contributed by atoms with E-state index in [0.29, 0.717) is 0 Å². The molecular weight excluding hydrogens is 264 g/mol. The van der Waals surface area contributed by atoms with Crippen LogP contribution in [-0.2, 0) is 9.57 Å². The Morgan fingerprint density at radius 3 is 2.37 bits per heavy atom. The number of hydrogen-bond acceptors (Lipinski definition) is 4. The van der Waals surface area contributed by atoms with Gasteiger partial charge in [0.25, 0.3) is 0 Å². The molecule has 1 fully saturated rings. The second-order valence-electron chi connectivity index (χ2n) is 6.32. The zero-order valence-corrected chi connectivity index (χ0v) is 13.3. The first-order valence-corrected chi connectivity index (χ1v) is 7.28. The molecule has 0 N–H and O–H groups in total. The van der Waals surface area contributed by atoms with Gasteiger partial charge in [-0.3, -0.25) is 0 Å². The maximum atomic E-state index is 6.74. The van der Waals surface area contributed by atoms with Gasteiger partial charge in [-0.1, -0.05) is 0 Å². The molecule has 0 amide bonds. The van der Waals surface area contributed by atoms with Gasteiger partial charge in [-0.25, -0.2) is 0 Å². The third-order valence-electron chi connectivity index (χ3n) is 3.99. The Labute approximate surface area is 121 Å². The average molecular weight is 289 g/mol. The first-order valence-electron chi connectivity index (χ1n) is 6.84. The summed E-state index contributed by atoms with van der Waals surface area (Å²) >= 11 is 6.74. The molecule has 1 saturated heterocycles. The Morgan fingerprint density at radius 1 is 1.26 bits per heavy atom. The van der Waals surface area contributed by atoms with Crippen molar-refractivity contribution in [2.24, 2.45) is 0 Å². The van der Waals surface area contributed by atoms with E-state index in [1.54, 1.807) is 7.11 Å². The van der Waals surface area contributed by atoms with Gasteiger partial charge in [0.05, 0.1) is 36.8 Å². The third kappa shape index (κ3) is 2.64. The van der Waals surface area contributed by atoms with Gasteiger partial charge in [-0.2, -0.15) is 5.06 Å². The minimum absolute atomic E-state index is 0.0985. The van der Waals surface area contributed by atoms with E-state index in [-0.39, 0.29) is 16.5 Å². The Hall–Kier alpha value is -0.290. The third-order valence-corrected chi connectivity index (χ3v) is 4.74. The first kappa shape index (κ1) is 15.1. The van der Waals surface area contributed by atoms with Crippen LogP contribution in [0.5, 0.6) is 0 Å². The maximum absolute atomic E-state index is 6.74. The molecule has 0 aliphatic carbocycles. The molecule has 2 rings (SSSR count). The number of halogens is 1. The fourth-order valence-corrected chi connectivity index (χ4v) is 3.53. The van der Waals surface area contributed by atoms with Crippen LogP contribution in [0.4, 0.5) is 0 Å². The average Bonchev–Trinajstić information content (AvgIpc) is 2.35. The summed E-state index contributed by atoms with van der Waals surface area (Å²) in [5, 5.41) is 1.89. The quantitative estimate of drug-likeness (QED) is 0.728. The summed E-state index contributed by atoms with van der Waals surface area (Å²) in [5.74, 6) is 0. The fraction of sp³-hybridized carbons (Fsp3) is 0.857. The lowest BCUT2D eigenvalue weighted by Crippen LogP contribution is -2.63. The van der Waals surface area contributed by atoms with E-state index in [0.717, 1.165) is 26.3 Å². The van der Waals surface area contributed by atoms with Crippen LogP contribution in [0, 0.1) is 0 Å². The molecule has 19 heavy (non-hydrogen) atoms. The molecular formula is C14H25ClN2O2. The molecule has 2 heterocycles. The highest BCUT2D eigenvalue weighted by atomic mass is 35.5. The normalized spacial score (nSPS) is 31.2. The highest BCUT2D eigenvalue weighted by Crippen LogP contribution is 2.41. The van der Waals surface area contributed by atoms with Gasteiger partial charge in [-0.05, 0) is 33.8 Å². The summed E-state index contributed by atoms with van der Waals surface area (Å²) < 4.78 is 5.42. The van der Waals surface area contributed by atoms with Crippen LogP contribution in [0.25, 0.3) is 0 Å². The van der Waals surface area contributed by atoms with E-state index >= 15 is 0 Å². The van der Waals surface area contributed by atoms with Crippen molar-refractivity contribution in [1.82, 2.24) is 9.96 Å². The zero-order chi connectivity index (χ0) is 14.3. The van der Waals surface area contributed by atoms with Gasteiger partial charge < -0.3 is 14.5 Å². The lowest BCUT2D eigenvalue weighted by atomic mass is 9.84. The molecule has 0 aromatic rings. The van der Waals surface area contributed by atoms with Gasteiger partial charge in [0, 0.05) is 18.8 Å². The van der Waals surface area contributed by atoms with Crippen molar-refractivity contribution in [1.29, 1.82) is 0 Å². The number of ether oxygens (including phenoxy) is 1. The molecule has 1 unspecified atom stereocenters. The SMILES string of the molecule is CON1C(C)(C)C=C(N2CCOCC2)C(Cl)C1(C)C. The summed E-state index contributed by atoms with van der Waals surface area (Å²) in [7, 11) is 1.71. The fourth-order valence-electron chi connectivity index (χ4n) is 3.24. The number of nitrogens with zero attached hydrogens (tertiary/aromatic N) is 2. The topological polar surface area (TPSA) is 24.9 Å². The van der Waals surface area contributed by atoms with Gasteiger partial charge in [0.1, 0.15) is 0 Å². The van der Waals surface area contributed by atoms with Crippen molar-refractivity contribution < 1.29 is 9.57 Å². The summed E-state index contributed by atoms with van der Waals surface area (Å²) in [6.45, 7) is 11.9. The number of hydroxylamine groups is 2. The molecule has 0 aromatic heterocycles.